The van der Waals surface area contributed by atoms with E-state index in [-0.39, 0.29) is 0 Å². The first kappa shape index (κ1) is 10.7. The molecular weight excluding hydrogens is 222 g/mol. The van der Waals surface area contributed by atoms with Gasteiger partial charge in [0.2, 0.25) is 0 Å². The molecule has 18 heavy (non-hydrogen) atoms. The second-order valence-corrected chi connectivity index (χ2v) is 4.16. The molecule has 0 aliphatic heterocycles. The van der Waals surface area contributed by atoms with Crippen LogP contribution in [0.3, 0.4) is 0 Å². The normalized spacial score (nSPS) is 10.4. The van der Waals surface area contributed by atoms with E-state index in [9.17, 15) is 4.91 Å². The van der Waals surface area contributed by atoms with Gasteiger partial charge in [0.05, 0.1) is 0 Å². The Morgan fingerprint density at radius 3 is 2.22 bits per heavy atom. The minimum absolute atomic E-state index is 0.457. The first-order valence-electron chi connectivity index (χ1n) is 5.80. The second kappa shape index (κ2) is 4.41. The van der Waals surface area contributed by atoms with Gasteiger partial charge in [0.15, 0.2) is 0 Å². The first-order chi connectivity index (χ1) is 8.88. The van der Waals surface area contributed by atoms with Gasteiger partial charge in [-0.3, -0.25) is 0 Å². The second-order valence-electron chi connectivity index (χ2n) is 4.16. The van der Waals surface area contributed by atoms with Crippen LogP contribution >= 0.6 is 0 Å². The molecule has 0 bridgehead atoms. The lowest BCUT2D eigenvalue weighted by atomic mass is 9.98. The number of nitrogens with zero attached hydrogens (tertiary/aromatic N) is 1. The Labute approximate surface area is 105 Å². The lowest BCUT2D eigenvalue weighted by molar-refractivity contribution is 1.50. The molecule has 3 rings (SSSR count). The predicted molar refractivity (Wildman–Crippen MR) is 74.8 cm³/mol. The Hall–Kier alpha value is -2.48. The Kier molecular flexibility index (Phi) is 2.61. The molecule has 0 N–H and O–H groups in total. The van der Waals surface area contributed by atoms with Crippen molar-refractivity contribution in [2.45, 2.75) is 0 Å². The smallest absolute Gasteiger partial charge is 0.108 e. The molecular formula is C16H11NO. The molecule has 86 valence electrons. The van der Waals surface area contributed by atoms with E-state index in [2.05, 4.69) is 29.4 Å². The highest BCUT2D eigenvalue weighted by Crippen LogP contribution is 2.29. The van der Waals surface area contributed by atoms with Crippen LogP contribution in [-0.2, 0) is 0 Å². The topological polar surface area (TPSA) is 29.4 Å². The lowest BCUT2D eigenvalue weighted by Crippen LogP contribution is -1.80. The van der Waals surface area contributed by atoms with Crippen molar-refractivity contribution in [1.82, 2.24) is 0 Å². The van der Waals surface area contributed by atoms with Gasteiger partial charge in [-0.15, -0.1) is 4.91 Å². The van der Waals surface area contributed by atoms with Crippen LogP contribution in [0.4, 0.5) is 5.69 Å². The van der Waals surface area contributed by atoms with E-state index in [1.807, 2.05) is 30.3 Å². The summed E-state index contributed by atoms with van der Waals surface area (Å²) in [6, 6.07) is 21.8. The highest BCUT2D eigenvalue weighted by Gasteiger charge is 2.03. The molecule has 2 heteroatoms. The van der Waals surface area contributed by atoms with Crippen LogP contribution in [0.1, 0.15) is 0 Å². The van der Waals surface area contributed by atoms with Crippen LogP contribution in [0.25, 0.3) is 21.9 Å². The Bertz CT molecular complexity index is 696. The van der Waals surface area contributed by atoms with E-state index in [1.54, 1.807) is 12.1 Å². The number of hydrogen-bond acceptors (Lipinski definition) is 2. The minimum atomic E-state index is 0.457. The third kappa shape index (κ3) is 1.78. The van der Waals surface area contributed by atoms with Gasteiger partial charge in [-0.1, -0.05) is 54.6 Å². The first-order valence-corrected chi connectivity index (χ1v) is 5.80. The third-order valence-electron chi connectivity index (χ3n) is 3.07. The highest BCUT2D eigenvalue weighted by atomic mass is 16.3. The third-order valence-corrected chi connectivity index (χ3v) is 3.07. The quantitative estimate of drug-likeness (QED) is 0.578. The van der Waals surface area contributed by atoms with Crippen molar-refractivity contribution < 1.29 is 0 Å². The number of nitroso groups, excluding NO2 is 1. The van der Waals surface area contributed by atoms with Crippen molar-refractivity contribution in [3.8, 4) is 11.1 Å². The summed E-state index contributed by atoms with van der Waals surface area (Å²) < 4.78 is 0. The van der Waals surface area contributed by atoms with E-state index >= 15 is 0 Å². The van der Waals surface area contributed by atoms with Gasteiger partial charge >= 0.3 is 0 Å². The van der Waals surface area contributed by atoms with Gasteiger partial charge in [-0.25, -0.2) is 0 Å². The van der Waals surface area contributed by atoms with Crippen LogP contribution in [0.15, 0.2) is 71.9 Å². The van der Waals surface area contributed by atoms with E-state index < -0.39 is 0 Å². The molecule has 0 heterocycles. The van der Waals surface area contributed by atoms with Gasteiger partial charge in [0.1, 0.15) is 5.69 Å². The van der Waals surface area contributed by atoms with Crippen molar-refractivity contribution in [3.05, 3.63) is 71.6 Å². The van der Waals surface area contributed by atoms with E-state index in [1.165, 1.54) is 16.3 Å². The summed E-state index contributed by atoms with van der Waals surface area (Å²) in [7, 11) is 0. The van der Waals surface area contributed by atoms with Crippen LogP contribution in [-0.4, -0.2) is 0 Å². The Morgan fingerprint density at radius 1 is 0.722 bits per heavy atom. The summed E-state index contributed by atoms with van der Waals surface area (Å²) in [6.07, 6.45) is 0. The van der Waals surface area contributed by atoms with E-state index in [0.29, 0.717) is 5.69 Å². The number of rotatable bonds is 2. The SMILES string of the molecule is O=Nc1ccc(-c2cccc3ccccc23)cc1. The molecule has 0 aliphatic rings. The highest BCUT2D eigenvalue weighted by molar-refractivity contribution is 5.96. The predicted octanol–water partition coefficient (Wildman–Crippen LogP) is 4.90. The van der Waals surface area contributed by atoms with Crippen LogP contribution < -0.4 is 0 Å². The zero-order chi connectivity index (χ0) is 12.4. The van der Waals surface area contributed by atoms with Gasteiger partial charge in [-0.2, -0.15) is 0 Å². The van der Waals surface area contributed by atoms with Crippen LogP contribution in [0, 0.1) is 4.91 Å². The summed E-state index contributed by atoms with van der Waals surface area (Å²) in [5.41, 5.74) is 2.73. The van der Waals surface area contributed by atoms with Gasteiger partial charge in [-0.05, 0) is 39.2 Å². The van der Waals surface area contributed by atoms with Gasteiger partial charge < -0.3 is 0 Å². The molecule has 0 amide bonds. The summed E-state index contributed by atoms with van der Waals surface area (Å²) in [5, 5.41) is 5.35. The fraction of sp³-hybridized carbons (Fsp3) is 0. The fourth-order valence-corrected chi connectivity index (χ4v) is 2.18. The molecule has 0 atom stereocenters. The maximum absolute atomic E-state index is 10.4. The molecule has 0 saturated carbocycles. The molecule has 0 radical (unpaired) electrons. The largest absolute Gasteiger partial charge is 0.145 e. The molecule has 0 saturated heterocycles. The number of hydrogen-bond donors (Lipinski definition) is 0. The minimum Gasteiger partial charge on any atom is -0.145 e. The van der Waals surface area contributed by atoms with Gasteiger partial charge in [0.25, 0.3) is 0 Å². The Morgan fingerprint density at radius 2 is 1.44 bits per heavy atom. The zero-order valence-corrected chi connectivity index (χ0v) is 9.71. The zero-order valence-electron chi connectivity index (χ0n) is 9.71. The van der Waals surface area contributed by atoms with Crippen LogP contribution in [0.5, 0.6) is 0 Å². The standard InChI is InChI=1S/C16H11NO/c18-17-14-10-8-13(9-11-14)16-7-3-5-12-4-1-2-6-15(12)16/h1-11H. The van der Waals surface area contributed by atoms with Crippen molar-refractivity contribution in [2.75, 3.05) is 0 Å². The van der Waals surface area contributed by atoms with Crippen molar-refractivity contribution in [3.63, 3.8) is 0 Å². The molecule has 2 nitrogen and oxygen atoms in total. The number of fused-ring (bicyclic) bond motifs is 1. The maximum atomic E-state index is 10.4. The van der Waals surface area contributed by atoms with Crippen LogP contribution in [0.2, 0.25) is 0 Å². The molecule has 0 unspecified atom stereocenters. The van der Waals surface area contributed by atoms with E-state index in [0.717, 1.165) is 5.56 Å². The summed E-state index contributed by atoms with van der Waals surface area (Å²) in [5.74, 6) is 0. The molecule has 0 fully saturated rings. The lowest BCUT2D eigenvalue weighted by Gasteiger charge is -2.06. The van der Waals surface area contributed by atoms with Gasteiger partial charge in [0, 0.05) is 0 Å². The molecule has 3 aromatic rings. The average Bonchev–Trinajstić information content (AvgIpc) is 2.47. The molecule has 0 spiro atoms. The average molecular weight is 233 g/mol. The molecule has 0 aliphatic carbocycles. The fourth-order valence-electron chi connectivity index (χ4n) is 2.18. The number of benzene rings is 3. The van der Waals surface area contributed by atoms with Crippen molar-refractivity contribution in [2.24, 2.45) is 5.18 Å². The summed E-state index contributed by atoms with van der Waals surface area (Å²) in [4.78, 5) is 10.4. The van der Waals surface area contributed by atoms with E-state index in [4.69, 9.17) is 0 Å². The molecule has 3 aromatic carbocycles. The van der Waals surface area contributed by atoms with Crippen molar-refractivity contribution >= 4 is 16.5 Å². The van der Waals surface area contributed by atoms with Crippen molar-refractivity contribution in [1.29, 1.82) is 0 Å². The monoisotopic (exact) mass is 233 g/mol. The maximum Gasteiger partial charge on any atom is 0.108 e. The molecule has 0 aromatic heterocycles. The Balaban J connectivity index is 2.21. The summed E-state index contributed by atoms with van der Waals surface area (Å²) in [6.45, 7) is 0. The summed E-state index contributed by atoms with van der Waals surface area (Å²) >= 11 is 0.